The summed E-state index contributed by atoms with van der Waals surface area (Å²) in [7, 11) is 0. The van der Waals surface area contributed by atoms with E-state index in [1.165, 1.54) is 6.42 Å². The van der Waals surface area contributed by atoms with Crippen LogP contribution in [0.4, 0.5) is 8.78 Å². The van der Waals surface area contributed by atoms with Crippen LogP contribution in [0.25, 0.3) is 0 Å². The molecule has 0 unspecified atom stereocenters. The number of alkyl halides is 2. The molecule has 0 radical (unpaired) electrons. The summed E-state index contributed by atoms with van der Waals surface area (Å²) in [5, 5.41) is 0. The first-order valence-electron chi connectivity index (χ1n) is 7.07. The summed E-state index contributed by atoms with van der Waals surface area (Å²) in [6, 6.07) is 5.02. The van der Waals surface area contributed by atoms with Crippen molar-refractivity contribution in [3.63, 3.8) is 0 Å². The Balaban J connectivity index is 0.00000242. The highest BCUT2D eigenvalue weighted by Crippen LogP contribution is 2.11. The lowest BCUT2D eigenvalue weighted by atomic mass is 10.1. The number of piperidine rings is 1. The summed E-state index contributed by atoms with van der Waals surface area (Å²) >= 11 is 0. The fraction of sp³-hybridized carbons (Fsp3) is 0.571. The lowest BCUT2D eigenvalue weighted by molar-refractivity contribution is 0.0795. The van der Waals surface area contributed by atoms with Crippen LogP contribution in [0.2, 0.25) is 0 Å². The minimum absolute atomic E-state index is 0. The molecule has 0 amide bonds. The zero-order valence-corrected chi connectivity index (χ0v) is 14.6. The van der Waals surface area contributed by atoms with Gasteiger partial charge in [-0.3, -0.25) is 0 Å². The largest absolute Gasteiger partial charge is 0.472 e. The van der Waals surface area contributed by atoms with Crippen LogP contribution in [-0.4, -0.2) is 42.0 Å². The van der Waals surface area contributed by atoms with Gasteiger partial charge in [0.15, 0.2) is 12.6 Å². The number of hydrogen-bond acceptors (Lipinski definition) is 3. The van der Waals surface area contributed by atoms with Gasteiger partial charge in [0.05, 0.1) is 12.2 Å². The maximum atomic E-state index is 12.1. The van der Waals surface area contributed by atoms with Crippen molar-refractivity contribution in [2.24, 2.45) is 10.7 Å². The molecule has 0 aromatic carbocycles. The third kappa shape index (κ3) is 6.29. The Morgan fingerprint density at radius 2 is 2.05 bits per heavy atom. The Hall–Kier alpha value is -1.19. The fourth-order valence-corrected chi connectivity index (χ4v) is 2.16. The SMILES string of the molecule is I.NC(=NCc1cccc(OCC(F)F)n1)N1CCCCC1. The Morgan fingerprint density at radius 1 is 1.32 bits per heavy atom. The number of ether oxygens (including phenoxy) is 1. The van der Waals surface area contributed by atoms with Gasteiger partial charge in [0, 0.05) is 19.2 Å². The fourth-order valence-electron chi connectivity index (χ4n) is 2.16. The maximum absolute atomic E-state index is 12.1. The van der Waals surface area contributed by atoms with Crippen molar-refractivity contribution in [1.82, 2.24) is 9.88 Å². The Kier molecular flexibility index (Phi) is 8.36. The van der Waals surface area contributed by atoms with Gasteiger partial charge in [-0.05, 0) is 25.3 Å². The number of rotatable bonds is 5. The minimum Gasteiger partial charge on any atom is -0.472 e. The molecule has 1 aromatic rings. The van der Waals surface area contributed by atoms with E-state index in [2.05, 4.69) is 14.9 Å². The number of hydrogen-bond donors (Lipinski definition) is 1. The average molecular weight is 426 g/mol. The summed E-state index contributed by atoms with van der Waals surface area (Å²) in [6.07, 6.45) is 0.981. The van der Waals surface area contributed by atoms with E-state index in [1.807, 2.05) is 0 Å². The van der Waals surface area contributed by atoms with Crippen LogP contribution in [0.5, 0.6) is 5.88 Å². The monoisotopic (exact) mass is 426 g/mol. The van der Waals surface area contributed by atoms with Crippen molar-refractivity contribution in [2.75, 3.05) is 19.7 Å². The Labute approximate surface area is 146 Å². The molecule has 1 fully saturated rings. The normalized spacial score (nSPS) is 15.6. The predicted octanol–water partition coefficient (Wildman–Crippen LogP) is 2.64. The minimum atomic E-state index is -2.51. The predicted molar refractivity (Wildman–Crippen MR) is 91.9 cm³/mol. The molecule has 0 bridgehead atoms. The van der Waals surface area contributed by atoms with Gasteiger partial charge in [0.2, 0.25) is 5.88 Å². The first-order chi connectivity index (χ1) is 10.1. The number of likely N-dealkylation sites (tertiary alicyclic amines) is 1. The number of guanidine groups is 1. The van der Waals surface area contributed by atoms with Gasteiger partial charge in [-0.2, -0.15) is 0 Å². The summed E-state index contributed by atoms with van der Waals surface area (Å²) in [6.45, 7) is 1.52. The number of aromatic nitrogens is 1. The second-order valence-corrected chi connectivity index (χ2v) is 4.89. The molecule has 2 N–H and O–H groups in total. The summed E-state index contributed by atoms with van der Waals surface area (Å²) in [5.74, 6) is 0.690. The average Bonchev–Trinajstić information content (AvgIpc) is 2.52. The maximum Gasteiger partial charge on any atom is 0.272 e. The van der Waals surface area contributed by atoms with Crippen LogP contribution in [0.1, 0.15) is 25.0 Å². The molecule has 1 saturated heterocycles. The van der Waals surface area contributed by atoms with E-state index in [0.29, 0.717) is 18.2 Å². The lowest BCUT2D eigenvalue weighted by Gasteiger charge is -2.27. The third-order valence-corrected chi connectivity index (χ3v) is 3.22. The van der Waals surface area contributed by atoms with Gasteiger partial charge < -0.3 is 15.4 Å². The molecule has 0 spiro atoms. The molecule has 1 aromatic heterocycles. The molecule has 0 aliphatic carbocycles. The second kappa shape index (κ2) is 9.75. The van der Waals surface area contributed by atoms with Gasteiger partial charge in [-0.25, -0.2) is 18.8 Å². The molecule has 5 nitrogen and oxygen atoms in total. The van der Waals surface area contributed by atoms with Gasteiger partial charge in [-0.1, -0.05) is 6.07 Å². The second-order valence-electron chi connectivity index (χ2n) is 4.89. The van der Waals surface area contributed by atoms with Crippen LogP contribution in [0.3, 0.4) is 0 Å². The van der Waals surface area contributed by atoms with Crippen LogP contribution in [0, 0.1) is 0 Å². The van der Waals surface area contributed by atoms with Gasteiger partial charge in [0.25, 0.3) is 6.43 Å². The Bertz CT molecular complexity index is 482. The Morgan fingerprint density at radius 3 is 2.73 bits per heavy atom. The van der Waals surface area contributed by atoms with E-state index in [1.54, 1.807) is 18.2 Å². The molecule has 124 valence electrons. The highest BCUT2D eigenvalue weighted by Gasteiger charge is 2.11. The highest BCUT2D eigenvalue weighted by molar-refractivity contribution is 14.0. The third-order valence-electron chi connectivity index (χ3n) is 3.22. The summed E-state index contributed by atoms with van der Waals surface area (Å²) < 4.78 is 29.0. The van der Waals surface area contributed by atoms with Crippen LogP contribution in [0.15, 0.2) is 23.2 Å². The molecule has 0 atom stereocenters. The van der Waals surface area contributed by atoms with E-state index >= 15 is 0 Å². The first-order valence-corrected chi connectivity index (χ1v) is 7.07. The standard InChI is InChI=1S/C14H20F2N4O.HI/c15-12(16)10-21-13-6-4-5-11(19-13)9-18-14(17)20-7-2-1-3-8-20;/h4-6,12H,1-3,7-10H2,(H2,17,18);1H. The zero-order valence-electron chi connectivity index (χ0n) is 12.3. The van der Waals surface area contributed by atoms with Crippen molar-refractivity contribution < 1.29 is 13.5 Å². The van der Waals surface area contributed by atoms with Crippen molar-refractivity contribution >= 4 is 29.9 Å². The molecule has 0 saturated carbocycles. The van der Waals surface area contributed by atoms with Gasteiger partial charge in [0.1, 0.15) is 0 Å². The van der Waals surface area contributed by atoms with Gasteiger partial charge >= 0.3 is 0 Å². The van der Waals surface area contributed by atoms with Crippen molar-refractivity contribution in [1.29, 1.82) is 0 Å². The first kappa shape index (κ1) is 18.9. The molecule has 22 heavy (non-hydrogen) atoms. The van der Waals surface area contributed by atoms with Crippen molar-refractivity contribution in [3.8, 4) is 5.88 Å². The molecule has 2 heterocycles. The highest BCUT2D eigenvalue weighted by atomic mass is 127. The van der Waals surface area contributed by atoms with Crippen LogP contribution < -0.4 is 10.5 Å². The number of pyridine rings is 1. The van der Waals surface area contributed by atoms with E-state index in [0.717, 1.165) is 25.9 Å². The lowest BCUT2D eigenvalue weighted by Crippen LogP contribution is -2.40. The van der Waals surface area contributed by atoms with Crippen molar-refractivity contribution in [3.05, 3.63) is 23.9 Å². The number of aliphatic imine (C=N–C) groups is 1. The number of halogens is 3. The van der Waals surface area contributed by atoms with E-state index in [9.17, 15) is 8.78 Å². The molecular formula is C14H21F2IN4O. The summed E-state index contributed by atoms with van der Waals surface area (Å²) in [4.78, 5) is 10.5. The van der Waals surface area contributed by atoms with E-state index < -0.39 is 13.0 Å². The van der Waals surface area contributed by atoms with E-state index in [4.69, 9.17) is 10.5 Å². The van der Waals surface area contributed by atoms with Crippen LogP contribution >= 0.6 is 24.0 Å². The van der Waals surface area contributed by atoms with Crippen LogP contribution in [-0.2, 0) is 6.54 Å². The topological polar surface area (TPSA) is 63.7 Å². The molecule has 1 aliphatic heterocycles. The number of nitrogens with zero attached hydrogens (tertiary/aromatic N) is 3. The molecule has 8 heteroatoms. The molecule has 2 rings (SSSR count). The van der Waals surface area contributed by atoms with E-state index in [-0.39, 0.29) is 29.9 Å². The van der Waals surface area contributed by atoms with Gasteiger partial charge in [-0.15, -0.1) is 24.0 Å². The quantitative estimate of drug-likeness (QED) is 0.447. The van der Waals surface area contributed by atoms with Crippen molar-refractivity contribution in [2.45, 2.75) is 32.2 Å². The smallest absolute Gasteiger partial charge is 0.272 e. The molecular weight excluding hydrogens is 405 g/mol. The zero-order chi connectivity index (χ0) is 15.1. The number of nitrogens with two attached hydrogens (primary N) is 1. The molecule has 1 aliphatic rings. The summed E-state index contributed by atoms with van der Waals surface area (Å²) in [5.41, 5.74) is 6.59.